The minimum Gasteiger partial charge on any atom is -0.339 e. The van der Waals surface area contributed by atoms with Gasteiger partial charge in [-0.1, -0.05) is 35.9 Å². The summed E-state index contributed by atoms with van der Waals surface area (Å²) in [5, 5.41) is 6.43. The van der Waals surface area contributed by atoms with Crippen LogP contribution in [0.2, 0.25) is 5.02 Å². The second-order valence-corrected chi connectivity index (χ2v) is 7.55. The van der Waals surface area contributed by atoms with E-state index in [4.69, 9.17) is 23.8 Å². The lowest BCUT2D eigenvalue weighted by Gasteiger charge is -2.27. The molecule has 2 N–H and O–H groups in total. The highest BCUT2D eigenvalue weighted by Crippen LogP contribution is 2.20. The number of benzene rings is 2. The quantitative estimate of drug-likeness (QED) is 0.740. The molecule has 2 amide bonds. The van der Waals surface area contributed by atoms with Crippen molar-refractivity contribution in [1.29, 1.82) is 0 Å². The molecular weight excluding hydrogens is 394 g/mol. The van der Waals surface area contributed by atoms with Gasteiger partial charge in [-0.3, -0.25) is 9.59 Å². The van der Waals surface area contributed by atoms with E-state index in [2.05, 4.69) is 10.6 Å². The molecule has 0 atom stereocenters. The molecule has 3 rings (SSSR count). The smallest absolute Gasteiger partial charge is 0.255 e. The fraction of sp³-hybridized carbons (Fsp3) is 0.286. The van der Waals surface area contributed by atoms with E-state index < -0.39 is 0 Å². The zero-order valence-electron chi connectivity index (χ0n) is 15.4. The van der Waals surface area contributed by atoms with Crippen molar-refractivity contribution < 1.29 is 9.59 Å². The summed E-state index contributed by atoms with van der Waals surface area (Å²) < 4.78 is 0. The number of amides is 2. The molecule has 5 nitrogen and oxygen atoms in total. The Kier molecular flexibility index (Phi) is 7.01. The summed E-state index contributed by atoms with van der Waals surface area (Å²) in [6, 6.07) is 14.3. The SMILES string of the molecule is O=C(Cc1ccc(Cl)cc1)NC(=S)Nc1ccccc1C(=O)N1CCCCC1. The van der Waals surface area contributed by atoms with Crippen molar-refractivity contribution in [2.24, 2.45) is 0 Å². The van der Waals surface area contributed by atoms with E-state index in [-0.39, 0.29) is 23.3 Å². The van der Waals surface area contributed by atoms with Crippen LogP contribution in [0.3, 0.4) is 0 Å². The molecule has 0 radical (unpaired) electrons. The van der Waals surface area contributed by atoms with Crippen molar-refractivity contribution in [2.75, 3.05) is 18.4 Å². The maximum atomic E-state index is 12.8. The van der Waals surface area contributed by atoms with E-state index in [0.29, 0.717) is 16.3 Å². The lowest BCUT2D eigenvalue weighted by Crippen LogP contribution is -2.38. The molecule has 1 aliphatic rings. The number of rotatable bonds is 4. The van der Waals surface area contributed by atoms with Crippen molar-refractivity contribution in [3.05, 3.63) is 64.7 Å². The fourth-order valence-electron chi connectivity index (χ4n) is 3.16. The van der Waals surface area contributed by atoms with Gasteiger partial charge in [0, 0.05) is 18.1 Å². The lowest BCUT2D eigenvalue weighted by molar-refractivity contribution is -0.119. The van der Waals surface area contributed by atoms with Crippen LogP contribution in [0.25, 0.3) is 0 Å². The third kappa shape index (κ3) is 5.53. The van der Waals surface area contributed by atoms with Gasteiger partial charge in [-0.05, 0) is 61.3 Å². The number of hydrogen-bond acceptors (Lipinski definition) is 3. The first-order valence-electron chi connectivity index (χ1n) is 9.26. The van der Waals surface area contributed by atoms with Gasteiger partial charge >= 0.3 is 0 Å². The van der Waals surface area contributed by atoms with Crippen LogP contribution in [0.15, 0.2) is 48.5 Å². The Morgan fingerprint density at radius 1 is 1.00 bits per heavy atom. The summed E-state index contributed by atoms with van der Waals surface area (Å²) >= 11 is 11.1. The van der Waals surface area contributed by atoms with E-state index >= 15 is 0 Å². The Balaban J connectivity index is 1.61. The van der Waals surface area contributed by atoms with Crippen LogP contribution in [-0.2, 0) is 11.2 Å². The molecule has 0 saturated carbocycles. The minimum absolute atomic E-state index is 0.0157. The highest BCUT2D eigenvalue weighted by atomic mass is 35.5. The van der Waals surface area contributed by atoms with Gasteiger partial charge in [0.1, 0.15) is 0 Å². The van der Waals surface area contributed by atoms with Crippen LogP contribution in [0.4, 0.5) is 5.69 Å². The summed E-state index contributed by atoms with van der Waals surface area (Å²) in [5.74, 6) is -0.252. The molecule has 0 bridgehead atoms. The van der Waals surface area contributed by atoms with Crippen molar-refractivity contribution >= 4 is 46.4 Å². The number of hydrogen-bond donors (Lipinski definition) is 2. The van der Waals surface area contributed by atoms with Gasteiger partial charge in [-0.25, -0.2) is 0 Å². The minimum atomic E-state index is -0.236. The Morgan fingerprint density at radius 2 is 1.68 bits per heavy atom. The number of halogens is 1. The highest BCUT2D eigenvalue weighted by Gasteiger charge is 2.21. The largest absolute Gasteiger partial charge is 0.339 e. The number of carbonyl (C=O) groups excluding carboxylic acids is 2. The van der Waals surface area contributed by atoms with E-state index in [9.17, 15) is 9.59 Å². The summed E-state index contributed by atoms with van der Waals surface area (Å²) in [6.45, 7) is 1.55. The fourth-order valence-corrected chi connectivity index (χ4v) is 3.51. The molecule has 1 heterocycles. The van der Waals surface area contributed by atoms with Crippen molar-refractivity contribution in [3.8, 4) is 0 Å². The maximum absolute atomic E-state index is 12.8. The molecule has 1 saturated heterocycles. The second kappa shape index (κ2) is 9.66. The zero-order valence-corrected chi connectivity index (χ0v) is 17.0. The summed E-state index contributed by atoms with van der Waals surface area (Å²) in [4.78, 5) is 26.9. The van der Waals surface area contributed by atoms with Crippen LogP contribution in [0.1, 0.15) is 35.2 Å². The molecule has 1 aliphatic heterocycles. The number of carbonyl (C=O) groups is 2. The normalized spacial score (nSPS) is 13.7. The molecular formula is C21H22ClN3O2S. The van der Waals surface area contributed by atoms with Crippen molar-refractivity contribution in [1.82, 2.24) is 10.2 Å². The van der Waals surface area contributed by atoms with Gasteiger partial charge in [0.25, 0.3) is 5.91 Å². The van der Waals surface area contributed by atoms with Gasteiger partial charge in [0.2, 0.25) is 5.91 Å². The standard InChI is InChI=1S/C21H22ClN3O2S/c22-16-10-8-15(9-11-16)14-19(26)24-21(28)23-18-7-3-2-6-17(18)20(27)25-12-4-1-5-13-25/h2-3,6-11H,1,4-5,12-14H2,(H2,23,24,26,28). The van der Waals surface area contributed by atoms with Crippen LogP contribution < -0.4 is 10.6 Å². The molecule has 0 aliphatic carbocycles. The Morgan fingerprint density at radius 3 is 2.39 bits per heavy atom. The number of piperidine rings is 1. The van der Waals surface area contributed by atoms with Crippen LogP contribution in [-0.4, -0.2) is 34.9 Å². The first kappa shape index (κ1) is 20.3. The topological polar surface area (TPSA) is 61.4 Å². The summed E-state index contributed by atoms with van der Waals surface area (Å²) in [5.41, 5.74) is 1.99. The Hall–Kier alpha value is -2.44. The monoisotopic (exact) mass is 415 g/mol. The Bertz CT molecular complexity index is 864. The number of likely N-dealkylation sites (tertiary alicyclic amines) is 1. The predicted octanol–water partition coefficient (Wildman–Crippen LogP) is 4.02. The maximum Gasteiger partial charge on any atom is 0.255 e. The molecule has 0 unspecified atom stereocenters. The van der Waals surface area contributed by atoms with Gasteiger partial charge in [-0.2, -0.15) is 0 Å². The molecule has 146 valence electrons. The third-order valence-corrected chi connectivity index (χ3v) is 5.04. The van der Waals surface area contributed by atoms with Crippen molar-refractivity contribution in [2.45, 2.75) is 25.7 Å². The molecule has 0 aromatic heterocycles. The van der Waals surface area contributed by atoms with Crippen LogP contribution in [0.5, 0.6) is 0 Å². The summed E-state index contributed by atoms with van der Waals surface area (Å²) in [6.07, 6.45) is 3.40. The zero-order chi connectivity index (χ0) is 19.9. The van der Waals surface area contributed by atoms with Gasteiger partial charge in [0.05, 0.1) is 17.7 Å². The van der Waals surface area contributed by atoms with E-state index in [1.165, 1.54) is 0 Å². The van der Waals surface area contributed by atoms with Crippen LogP contribution in [0, 0.1) is 0 Å². The van der Waals surface area contributed by atoms with E-state index in [1.807, 2.05) is 17.0 Å². The molecule has 2 aromatic carbocycles. The van der Waals surface area contributed by atoms with Gasteiger partial charge < -0.3 is 15.5 Å². The number of anilines is 1. The Labute approximate surface area is 175 Å². The van der Waals surface area contributed by atoms with Gasteiger partial charge in [0.15, 0.2) is 5.11 Å². The molecule has 7 heteroatoms. The number of nitrogens with one attached hydrogen (secondary N) is 2. The number of para-hydroxylation sites is 1. The first-order valence-corrected chi connectivity index (χ1v) is 10.0. The number of thiocarbonyl (C=S) groups is 1. The average Bonchev–Trinajstić information content (AvgIpc) is 2.70. The van der Waals surface area contributed by atoms with E-state index in [1.54, 1.807) is 36.4 Å². The predicted molar refractivity (Wildman–Crippen MR) is 116 cm³/mol. The highest BCUT2D eigenvalue weighted by molar-refractivity contribution is 7.80. The number of nitrogens with zero attached hydrogens (tertiary/aromatic N) is 1. The molecule has 1 fully saturated rings. The van der Waals surface area contributed by atoms with E-state index in [0.717, 1.165) is 37.9 Å². The lowest BCUT2D eigenvalue weighted by atomic mass is 10.1. The first-order chi connectivity index (χ1) is 13.5. The molecule has 28 heavy (non-hydrogen) atoms. The van der Waals surface area contributed by atoms with Crippen molar-refractivity contribution in [3.63, 3.8) is 0 Å². The van der Waals surface area contributed by atoms with Gasteiger partial charge in [-0.15, -0.1) is 0 Å². The van der Waals surface area contributed by atoms with Crippen LogP contribution >= 0.6 is 23.8 Å². The average molecular weight is 416 g/mol. The third-order valence-electron chi connectivity index (χ3n) is 4.58. The summed E-state index contributed by atoms with van der Waals surface area (Å²) in [7, 11) is 0. The second-order valence-electron chi connectivity index (χ2n) is 6.70. The molecule has 0 spiro atoms. The molecule has 2 aromatic rings.